The summed E-state index contributed by atoms with van der Waals surface area (Å²) >= 11 is 0. The van der Waals surface area contributed by atoms with Gasteiger partial charge in [0.1, 0.15) is 6.10 Å². The molecule has 0 fully saturated rings. The van der Waals surface area contributed by atoms with Crippen LogP contribution < -0.4 is 10.2 Å². The first-order valence-corrected chi connectivity index (χ1v) is 3.22. The van der Waals surface area contributed by atoms with E-state index in [0.717, 1.165) is 0 Å². The van der Waals surface area contributed by atoms with Crippen molar-refractivity contribution < 1.29 is 30.0 Å². The summed E-state index contributed by atoms with van der Waals surface area (Å²) in [5, 5.41) is 37.1. The average Bonchev–Trinajstić information content (AvgIpc) is 1.98. The van der Waals surface area contributed by atoms with Crippen molar-refractivity contribution in [1.29, 1.82) is 0 Å². The second kappa shape index (κ2) is 4.68. The molecule has 0 aliphatic rings. The molecule has 0 aromatic heterocycles. The van der Waals surface area contributed by atoms with E-state index in [1.54, 1.807) is 0 Å². The number of carbonyl (C=O) groups is 2. The lowest BCUT2D eigenvalue weighted by Gasteiger charge is -2.18. The highest BCUT2D eigenvalue weighted by atomic mass is 16.4. The van der Waals surface area contributed by atoms with Crippen LogP contribution in [-0.2, 0) is 9.59 Å². The Balaban J connectivity index is 3.79. The van der Waals surface area contributed by atoms with Crippen LogP contribution in [0.15, 0.2) is 0 Å². The summed E-state index contributed by atoms with van der Waals surface area (Å²) < 4.78 is 0. The molecule has 0 radical (unpaired) electrons. The van der Waals surface area contributed by atoms with Crippen LogP contribution in [0.1, 0.15) is 12.8 Å². The summed E-state index contributed by atoms with van der Waals surface area (Å²) in [5.74, 6) is -3.25. The van der Waals surface area contributed by atoms with Gasteiger partial charge in [-0.1, -0.05) is 0 Å². The van der Waals surface area contributed by atoms with Crippen LogP contribution >= 0.6 is 0 Å². The maximum absolute atomic E-state index is 9.90. The number of hydrogen-bond acceptors (Lipinski definition) is 6. The Bertz CT molecular complexity index is 177. The topological polar surface area (TPSA) is 121 Å². The molecule has 0 saturated heterocycles. The van der Waals surface area contributed by atoms with Gasteiger partial charge in [-0.25, -0.2) is 0 Å². The van der Waals surface area contributed by atoms with Crippen LogP contribution in [-0.4, -0.2) is 34.4 Å². The Morgan fingerprint density at radius 3 is 2.08 bits per heavy atom. The molecule has 2 unspecified atom stereocenters. The summed E-state index contributed by atoms with van der Waals surface area (Å²) in [7, 11) is 0. The summed E-state index contributed by atoms with van der Waals surface area (Å²) in [6.07, 6.45) is -4.57. The number of hydrogen-bond donors (Lipinski definition) is 2. The molecular formula is C6H8O6-2. The molecule has 0 aliphatic carbocycles. The summed E-state index contributed by atoms with van der Waals surface area (Å²) in [6.45, 7) is 0. The van der Waals surface area contributed by atoms with Gasteiger partial charge in [-0.05, 0) is 12.8 Å². The van der Waals surface area contributed by atoms with Gasteiger partial charge in [-0.15, -0.1) is 0 Å². The minimum absolute atomic E-state index is 0.377. The standard InChI is InChI=1S/C6H10O6/c7-3(1-2-4(8)9)5(10)6(11)12/h3,5,7,10H,1-2H2,(H,8,9)(H,11,12)/p-2. The molecule has 0 aliphatic heterocycles. The Hall–Kier alpha value is -1.14. The van der Waals surface area contributed by atoms with E-state index in [1.165, 1.54) is 0 Å². The second-order valence-corrected chi connectivity index (χ2v) is 2.24. The lowest BCUT2D eigenvalue weighted by atomic mass is 10.1. The van der Waals surface area contributed by atoms with Crippen molar-refractivity contribution in [3.63, 3.8) is 0 Å². The highest BCUT2D eigenvalue weighted by Crippen LogP contribution is 2.00. The van der Waals surface area contributed by atoms with Crippen LogP contribution in [0.5, 0.6) is 0 Å². The van der Waals surface area contributed by atoms with Gasteiger partial charge >= 0.3 is 0 Å². The van der Waals surface area contributed by atoms with Crippen molar-refractivity contribution in [2.75, 3.05) is 0 Å². The normalized spacial score (nSPS) is 15.2. The van der Waals surface area contributed by atoms with Crippen molar-refractivity contribution in [1.82, 2.24) is 0 Å². The van der Waals surface area contributed by atoms with Crippen LogP contribution in [0.3, 0.4) is 0 Å². The highest BCUT2D eigenvalue weighted by molar-refractivity contribution is 5.70. The van der Waals surface area contributed by atoms with Crippen molar-refractivity contribution >= 4 is 11.9 Å². The molecule has 12 heavy (non-hydrogen) atoms. The zero-order valence-electron chi connectivity index (χ0n) is 6.10. The molecule has 0 heterocycles. The van der Waals surface area contributed by atoms with Gasteiger partial charge < -0.3 is 30.0 Å². The lowest BCUT2D eigenvalue weighted by molar-refractivity contribution is -0.319. The minimum atomic E-state index is -2.05. The Morgan fingerprint density at radius 1 is 1.25 bits per heavy atom. The van der Waals surface area contributed by atoms with Gasteiger partial charge in [0.15, 0.2) is 0 Å². The van der Waals surface area contributed by atoms with E-state index in [-0.39, 0.29) is 6.42 Å². The Morgan fingerprint density at radius 2 is 1.75 bits per heavy atom. The first-order valence-electron chi connectivity index (χ1n) is 3.22. The predicted octanol–water partition coefficient (Wildman–Crippen LogP) is -4.01. The number of rotatable bonds is 5. The van der Waals surface area contributed by atoms with E-state index in [2.05, 4.69) is 0 Å². The van der Waals surface area contributed by atoms with Crippen LogP contribution in [0.4, 0.5) is 0 Å². The molecule has 70 valence electrons. The van der Waals surface area contributed by atoms with Crippen LogP contribution in [0.25, 0.3) is 0 Å². The first kappa shape index (κ1) is 10.9. The monoisotopic (exact) mass is 176 g/mol. The van der Waals surface area contributed by atoms with Gasteiger partial charge in [-0.2, -0.15) is 0 Å². The molecule has 6 nitrogen and oxygen atoms in total. The molecule has 0 rings (SSSR count). The zero-order chi connectivity index (χ0) is 9.72. The largest absolute Gasteiger partial charge is 0.550 e. The number of carbonyl (C=O) groups excluding carboxylic acids is 2. The van der Waals surface area contributed by atoms with E-state index < -0.39 is 30.6 Å². The van der Waals surface area contributed by atoms with Crippen LogP contribution in [0, 0.1) is 0 Å². The number of aliphatic carboxylic acids is 2. The molecule has 0 saturated carbocycles. The van der Waals surface area contributed by atoms with E-state index >= 15 is 0 Å². The molecule has 0 spiro atoms. The summed E-state index contributed by atoms with van der Waals surface area (Å²) in [5.41, 5.74) is 0. The molecule has 0 aromatic carbocycles. The van der Waals surface area contributed by atoms with Crippen molar-refractivity contribution in [2.45, 2.75) is 25.0 Å². The van der Waals surface area contributed by atoms with Crippen molar-refractivity contribution in [2.24, 2.45) is 0 Å². The van der Waals surface area contributed by atoms with Gasteiger partial charge in [0.2, 0.25) is 0 Å². The van der Waals surface area contributed by atoms with Gasteiger partial charge in [0.05, 0.1) is 12.1 Å². The number of aliphatic hydroxyl groups is 2. The molecule has 6 heteroatoms. The zero-order valence-corrected chi connectivity index (χ0v) is 6.10. The number of carboxylic acids is 2. The van der Waals surface area contributed by atoms with Crippen molar-refractivity contribution in [3.05, 3.63) is 0 Å². The molecule has 0 aromatic rings. The first-order chi connectivity index (χ1) is 5.45. The summed E-state index contributed by atoms with van der Waals surface area (Å²) in [4.78, 5) is 19.7. The van der Waals surface area contributed by atoms with Gasteiger partial charge in [0.25, 0.3) is 0 Å². The molecule has 0 amide bonds. The highest BCUT2D eigenvalue weighted by Gasteiger charge is 2.16. The third-order valence-electron chi connectivity index (χ3n) is 1.25. The van der Waals surface area contributed by atoms with E-state index in [4.69, 9.17) is 10.2 Å². The quantitative estimate of drug-likeness (QED) is 0.440. The predicted molar refractivity (Wildman–Crippen MR) is 31.3 cm³/mol. The number of carboxylic acid groups (broad SMARTS) is 2. The molecule has 0 bridgehead atoms. The van der Waals surface area contributed by atoms with Crippen molar-refractivity contribution in [3.8, 4) is 0 Å². The fourth-order valence-electron chi connectivity index (χ4n) is 0.581. The molecule has 2 N–H and O–H groups in total. The van der Waals surface area contributed by atoms with Gasteiger partial charge in [-0.3, -0.25) is 0 Å². The Kier molecular flexibility index (Phi) is 4.24. The third-order valence-corrected chi connectivity index (χ3v) is 1.25. The molecular weight excluding hydrogens is 168 g/mol. The van der Waals surface area contributed by atoms with Gasteiger partial charge in [0, 0.05) is 5.97 Å². The Labute approximate surface area is 68.1 Å². The number of aliphatic hydroxyl groups excluding tert-OH is 2. The van der Waals surface area contributed by atoms with E-state index in [9.17, 15) is 19.8 Å². The second-order valence-electron chi connectivity index (χ2n) is 2.24. The SMILES string of the molecule is O=C([O-])CCC(O)C(O)C(=O)[O-]. The summed E-state index contributed by atoms with van der Waals surface area (Å²) in [6, 6.07) is 0. The third kappa shape index (κ3) is 3.89. The molecule has 2 atom stereocenters. The van der Waals surface area contributed by atoms with E-state index in [0.29, 0.717) is 0 Å². The lowest BCUT2D eigenvalue weighted by Crippen LogP contribution is -2.43. The smallest absolute Gasteiger partial charge is 0.119 e. The fourth-order valence-corrected chi connectivity index (χ4v) is 0.581. The average molecular weight is 176 g/mol. The fraction of sp³-hybridized carbons (Fsp3) is 0.667. The minimum Gasteiger partial charge on any atom is -0.550 e. The van der Waals surface area contributed by atoms with E-state index in [1.807, 2.05) is 0 Å². The maximum Gasteiger partial charge on any atom is 0.119 e. The van der Waals surface area contributed by atoms with Crippen LogP contribution in [0.2, 0.25) is 0 Å². The maximum atomic E-state index is 9.90.